The number of nitrogens with zero attached hydrogens (tertiary/aromatic N) is 3. The highest BCUT2D eigenvalue weighted by atomic mass is 35.5. The van der Waals surface area contributed by atoms with Gasteiger partial charge in [-0.1, -0.05) is 35.9 Å². The first-order valence-electron chi connectivity index (χ1n) is 9.13. The van der Waals surface area contributed by atoms with Crippen LogP contribution < -0.4 is 0 Å². The van der Waals surface area contributed by atoms with E-state index in [0.717, 1.165) is 29.5 Å². The minimum atomic E-state index is -3.67. The van der Waals surface area contributed by atoms with E-state index in [-0.39, 0.29) is 0 Å². The molecule has 2 aromatic carbocycles. The van der Waals surface area contributed by atoms with Crippen molar-refractivity contribution in [2.24, 2.45) is 0 Å². The third kappa shape index (κ3) is 6.04. The average molecular weight is 422 g/mol. The molecule has 0 bridgehead atoms. The molecule has 1 aliphatic rings. The van der Waals surface area contributed by atoms with Gasteiger partial charge in [-0.15, -0.1) is 0 Å². The first-order valence-corrected chi connectivity index (χ1v) is 11.4. The Bertz CT molecular complexity index is 1020. The van der Waals surface area contributed by atoms with Crippen molar-refractivity contribution in [1.82, 2.24) is 14.5 Å². The molecule has 0 spiro atoms. The quantitative estimate of drug-likeness (QED) is 0.648. The molecule has 6 nitrogen and oxygen atoms in total. The van der Waals surface area contributed by atoms with E-state index >= 15 is 0 Å². The lowest BCUT2D eigenvalue weighted by Crippen LogP contribution is -2.21. The summed E-state index contributed by atoms with van der Waals surface area (Å²) in [6.45, 7) is 4.14. The SMILES string of the molecule is CS(=O)(=O)O.Clc1ccc(Cn2c(CN3CCCC3)nc3ccccc32)cc1. The van der Waals surface area contributed by atoms with Crippen molar-refractivity contribution in [3.63, 3.8) is 0 Å². The second kappa shape index (κ2) is 9.05. The van der Waals surface area contributed by atoms with Crippen molar-refractivity contribution >= 4 is 32.8 Å². The van der Waals surface area contributed by atoms with Gasteiger partial charge in [-0.3, -0.25) is 9.45 Å². The lowest BCUT2D eigenvalue weighted by Gasteiger charge is -2.16. The van der Waals surface area contributed by atoms with Gasteiger partial charge in [-0.25, -0.2) is 4.98 Å². The van der Waals surface area contributed by atoms with Gasteiger partial charge in [-0.2, -0.15) is 8.42 Å². The number of likely N-dealkylation sites (tertiary alicyclic amines) is 1. The fourth-order valence-electron chi connectivity index (χ4n) is 3.34. The Hall–Kier alpha value is -1.93. The van der Waals surface area contributed by atoms with Crippen LogP contribution in [0, 0.1) is 0 Å². The molecule has 8 heteroatoms. The summed E-state index contributed by atoms with van der Waals surface area (Å²) in [5, 5.41) is 0.779. The second-order valence-corrected chi connectivity index (χ2v) is 8.85. The van der Waals surface area contributed by atoms with Crippen LogP contribution in [0.15, 0.2) is 48.5 Å². The molecule has 4 rings (SSSR count). The van der Waals surface area contributed by atoms with Gasteiger partial charge in [0, 0.05) is 11.6 Å². The summed E-state index contributed by atoms with van der Waals surface area (Å²) in [5.41, 5.74) is 3.53. The number of para-hydroxylation sites is 2. The van der Waals surface area contributed by atoms with E-state index in [4.69, 9.17) is 21.1 Å². The standard InChI is InChI=1S/C19H20ClN3.CH4O3S/c20-16-9-7-15(8-10-16)13-23-18-6-2-1-5-17(18)21-19(23)14-22-11-3-4-12-22;1-5(2,3)4/h1-2,5-10H,3-4,11-14H2;1H3,(H,2,3,4). The summed E-state index contributed by atoms with van der Waals surface area (Å²) in [5.74, 6) is 1.16. The number of imidazole rings is 1. The van der Waals surface area contributed by atoms with Gasteiger partial charge in [0.2, 0.25) is 0 Å². The van der Waals surface area contributed by atoms with Crippen LogP contribution in [0.4, 0.5) is 0 Å². The molecular formula is C20H24ClN3O3S. The Labute approximate surface area is 170 Å². The van der Waals surface area contributed by atoms with Gasteiger partial charge in [0.25, 0.3) is 10.1 Å². The number of hydrogen-bond donors (Lipinski definition) is 1. The first-order chi connectivity index (χ1) is 13.3. The molecule has 0 aliphatic carbocycles. The van der Waals surface area contributed by atoms with E-state index in [2.05, 4.69) is 45.9 Å². The highest BCUT2D eigenvalue weighted by molar-refractivity contribution is 7.85. The van der Waals surface area contributed by atoms with Crippen LogP contribution in [0.5, 0.6) is 0 Å². The van der Waals surface area contributed by atoms with Crippen LogP contribution in [0.25, 0.3) is 11.0 Å². The predicted octanol–water partition coefficient (Wildman–Crippen LogP) is 3.84. The number of hydrogen-bond acceptors (Lipinski definition) is 4. The first kappa shape index (κ1) is 20.8. The number of halogens is 1. The maximum atomic E-state index is 9.19. The minimum absolute atomic E-state index is 0.715. The molecule has 0 amide bonds. The molecule has 0 radical (unpaired) electrons. The van der Waals surface area contributed by atoms with Crippen molar-refractivity contribution in [3.05, 3.63) is 64.9 Å². The number of fused-ring (bicyclic) bond motifs is 1. The Kier molecular flexibility index (Phi) is 6.72. The van der Waals surface area contributed by atoms with Gasteiger partial charge in [0.05, 0.1) is 23.8 Å². The predicted molar refractivity (Wildman–Crippen MR) is 112 cm³/mol. The Morgan fingerprint density at radius 3 is 2.29 bits per heavy atom. The second-order valence-electron chi connectivity index (χ2n) is 6.95. The van der Waals surface area contributed by atoms with Crippen LogP contribution in [-0.4, -0.2) is 46.8 Å². The van der Waals surface area contributed by atoms with Gasteiger partial charge in [0.1, 0.15) is 5.82 Å². The zero-order chi connectivity index (χ0) is 20.1. The molecule has 0 atom stereocenters. The molecular weight excluding hydrogens is 398 g/mol. The highest BCUT2D eigenvalue weighted by Crippen LogP contribution is 2.21. The van der Waals surface area contributed by atoms with E-state index in [1.54, 1.807) is 0 Å². The van der Waals surface area contributed by atoms with Crippen LogP contribution in [0.1, 0.15) is 24.2 Å². The molecule has 1 aliphatic heterocycles. The summed E-state index contributed by atoms with van der Waals surface area (Å²) >= 11 is 6.01. The van der Waals surface area contributed by atoms with E-state index in [1.165, 1.54) is 37.0 Å². The third-order valence-corrected chi connectivity index (χ3v) is 4.80. The molecule has 3 aromatic rings. The van der Waals surface area contributed by atoms with E-state index in [9.17, 15) is 8.42 Å². The summed E-state index contributed by atoms with van der Waals surface area (Å²) in [4.78, 5) is 7.38. The monoisotopic (exact) mass is 421 g/mol. The van der Waals surface area contributed by atoms with Gasteiger partial charge < -0.3 is 4.57 Å². The van der Waals surface area contributed by atoms with Crippen molar-refractivity contribution in [3.8, 4) is 0 Å². The fraction of sp³-hybridized carbons (Fsp3) is 0.350. The van der Waals surface area contributed by atoms with Crippen molar-refractivity contribution < 1.29 is 13.0 Å². The largest absolute Gasteiger partial charge is 0.322 e. The Morgan fingerprint density at radius 2 is 1.64 bits per heavy atom. The molecule has 1 aromatic heterocycles. The van der Waals surface area contributed by atoms with E-state index in [0.29, 0.717) is 6.26 Å². The highest BCUT2D eigenvalue weighted by Gasteiger charge is 2.17. The number of benzene rings is 2. The number of aromatic nitrogens is 2. The van der Waals surface area contributed by atoms with Crippen molar-refractivity contribution in [1.29, 1.82) is 0 Å². The van der Waals surface area contributed by atoms with Gasteiger partial charge >= 0.3 is 0 Å². The average Bonchev–Trinajstić information content (AvgIpc) is 3.24. The summed E-state index contributed by atoms with van der Waals surface area (Å²) < 4.78 is 28.2. The topological polar surface area (TPSA) is 75.4 Å². The molecule has 1 saturated heterocycles. The van der Waals surface area contributed by atoms with Gasteiger partial charge in [-0.05, 0) is 55.8 Å². The number of rotatable bonds is 4. The summed E-state index contributed by atoms with van der Waals surface area (Å²) in [6.07, 6.45) is 3.32. The lowest BCUT2D eigenvalue weighted by atomic mass is 10.2. The van der Waals surface area contributed by atoms with E-state index < -0.39 is 10.1 Å². The van der Waals surface area contributed by atoms with E-state index in [1.807, 2.05) is 12.1 Å². The molecule has 150 valence electrons. The Balaban J connectivity index is 0.000000403. The lowest BCUT2D eigenvalue weighted by molar-refractivity contribution is 0.318. The normalized spacial score (nSPS) is 14.8. The minimum Gasteiger partial charge on any atom is -0.322 e. The smallest absolute Gasteiger partial charge is 0.261 e. The maximum absolute atomic E-state index is 9.19. The van der Waals surface area contributed by atoms with Crippen molar-refractivity contribution in [2.75, 3.05) is 19.3 Å². The van der Waals surface area contributed by atoms with Crippen LogP contribution in [0.3, 0.4) is 0 Å². The molecule has 0 unspecified atom stereocenters. The van der Waals surface area contributed by atoms with Crippen LogP contribution in [-0.2, 0) is 23.2 Å². The summed E-state index contributed by atoms with van der Waals surface area (Å²) in [7, 11) is -3.67. The van der Waals surface area contributed by atoms with Gasteiger partial charge in [0.15, 0.2) is 0 Å². The zero-order valence-electron chi connectivity index (χ0n) is 15.8. The summed E-state index contributed by atoms with van der Waals surface area (Å²) in [6, 6.07) is 16.5. The maximum Gasteiger partial charge on any atom is 0.261 e. The van der Waals surface area contributed by atoms with Crippen molar-refractivity contribution in [2.45, 2.75) is 25.9 Å². The fourth-order valence-corrected chi connectivity index (χ4v) is 3.46. The molecule has 1 fully saturated rings. The molecule has 2 heterocycles. The Morgan fingerprint density at radius 1 is 1.04 bits per heavy atom. The zero-order valence-corrected chi connectivity index (χ0v) is 17.3. The molecule has 28 heavy (non-hydrogen) atoms. The van der Waals surface area contributed by atoms with Crippen LogP contribution >= 0.6 is 11.6 Å². The molecule has 0 saturated carbocycles. The third-order valence-electron chi connectivity index (χ3n) is 4.55. The molecule has 1 N–H and O–H groups in total. The van der Waals surface area contributed by atoms with Crippen LogP contribution in [0.2, 0.25) is 5.02 Å².